The van der Waals surface area contributed by atoms with Crippen molar-refractivity contribution in [2.45, 2.75) is 44.2 Å². The largest absolute Gasteiger partial charge is 0.395 e. The molecule has 2 aliphatic heterocycles. The monoisotopic (exact) mass is 396 g/mol. The Morgan fingerprint density at radius 1 is 1.03 bits per heavy atom. The molecule has 2 aliphatic rings. The number of aliphatic hydroxyl groups excluding tert-OH is 1. The maximum atomic E-state index is 13.2. The van der Waals surface area contributed by atoms with Crippen molar-refractivity contribution in [1.82, 2.24) is 9.80 Å². The van der Waals surface area contributed by atoms with E-state index in [2.05, 4.69) is 29.2 Å². The van der Waals surface area contributed by atoms with Gasteiger partial charge in [-0.1, -0.05) is 43.3 Å². The summed E-state index contributed by atoms with van der Waals surface area (Å²) in [5.41, 5.74) is 3.23. The van der Waals surface area contributed by atoms with E-state index in [1.165, 1.54) is 17.7 Å². The predicted molar refractivity (Wildman–Crippen MR) is 112 cm³/mol. The van der Waals surface area contributed by atoms with Crippen molar-refractivity contribution < 1.29 is 14.3 Å². The number of amides is 1. The molecule has 5 heteroatoms. The number of halogens is 1. The van der Waals surface area contributed by atoms with E-state index in [1.54, 1.807) is 12.1 Å². The van der Waals surface area contributed by atoms with Crippen molar-refractivity contribution in [1.29, 1.82) is 0 Å². The molecular weight excluding hydrogens is 367 g/mol. The quantitative estimate of drug-likeness (QED) is 0.858. The minimum atomic E-state index is -0.235. The summed E-state index contributed by atoms with van der Waals surface area (Å²) in [6, 6.07) is 15.3. The minimum absolute atomic E-state index is 0.105. The Bertz CT molecular complexity index is 837. The van der Waals surface area contributed by atoms with Crippen molar-refractivity contribution in [3.05, 3.63) is 59.9 Å². The molecule has 0 aliphatic carbocycles. The van der Waals surface area contributed by atoms with Gasteiger partial charge in [0.2, 0.25) is 5.91 Å². The highest BCUT2D eigenvalue weighted by atomic mass is 19.1. The third-order valence-corrected chi connectivity index (χ3v) is 6.50. The van der Waals surface area contributed by atoms with Crippen molar-refractivity contribution in [3.8, 4) is 11.1 Å². The smallest absolute Gasteiger partial charge is 0.222 e. The van der Waals surface area contributed by atoms with Crippen LogP contribution in [0.1, 0.15) is 37.7 Å². The number of fused-ring (bicyclic) bond motifs is 1. The van der Waals surface area contributed by atoms with Gasteiger partial charge in [-0.15, -0.1) is 0 Å². The summed E-state index contributed by atoms with van der Waals surface area (Å²) in [6.45, 7) is 4.59. The molecule has 4 rings (SSSR count). The number of aliphatic hydroxyl groups is 1. The van der Waals surface area contributed by atoms with Gasteiger partial charge < -0.3 is 10.0 Å². The topological polar surface area (TPSA) is 43.8 Å². The number of carbonyl (C=O) groups excluding carboxylic acids is 1. The fraction of sp³-hybridized carbons (Fsp3) is 0.458. The van der Waals surface area contributed by atoms with Crippen LogP contribution in [-0.2, 0) is 4.79 Å². The Hall–Kier alpha value is -2.24. The van der Waals surface area contributed by atoms with Gasteiger partial charge in [0, 0.05) is 37.5 Å². The third kappa shape index (κ3) is 3.94. The van der Waals surface area contributed by atoms with E-state index in [4.69, 9.17) is 0 Å². The Balaban J connectivity index is 1.57. The summed E-state index contributed by atoms with van der Waals surface area (Å²) in [5, 5.41) is 10.0. The molecule has 0 aromatic heterocycles. The van der Waals surface area contributed by atoms with Crippen molar-refractivity contribution in [2.24, 2.45) is 0 Å². The van der Waals surface area contributed by atoms with E-state index in [9.17, 15) is 14.3 Å². The van der Waals surface area contributed by atoms with Gasteiger partial charge in [-0.25, -0.2) is 4.39 Å². The Morgan fingerprint density at radius 3 is 2.28 bits per heavy atom. The molecule has 4 nitrogen and oxygen atoms in total. The molecule has 2 aromatic carbocycles. The van der Waals surface area contributed by atoms with E-state index in [0.29, 0.717) is 6.42 Å². The molecule has 2 aromatic rings. The van der Waals surface area contributed by atoms with Gasteiger partial charge in [-0.2, -0.15) is 0 Å². The summed E-state index contributed by atoms with van der Waals surface area (Å²) in [6.07, 6.45) is 2.61. The van der Waals surface area contributed by atoms with Crippen LogP contribution in [0.3, 0.4) is 0 Å². The van der Waals surface area contributed by atoms with Gasteiger partial charge in [0.05, 0.1) is 6.61 Å². The first kappa shape index (κ1) is 20.0. The zero-order valence-corrected chi connectivity index (χ0v) is 16.9. The lowest BCUT2D eigenvalue weighted by atomic mass is 9.74. The van der Waals surface area contributed by atoms with Crippen LogP contribution in [0, 0.1) is 5.82 Å². The van der Waals surface area contributed by atoms with Gasteiger partial charge in [0.25, 0.3) is 0 Å². The second-order valence-electron chi connectivity index (χ2n) is 8.11. The van der Waals surface area contributed by atoms with E-state index in [-0.39, 0.29) is 36.3 Å². The predicted octanol–water partition coefficient (Wildman–Crippen LogP) is 3.65. The maximum Gasteiger partial charge on any atom is 0.222 e. The zero-order chi connectivity index (χ0) is 20.4. The molecular formula is C24H29FN2O2. The second-order valence-corrected chi connectivity index (χ2v) is 8.11. The molecule has 3 atom stereocenters. The summed E-state index contributed by atoms with van der Waals surface area (Å²) < 4.78 is 13.2. The number of hydrogen-bond donors (Lipinski definition) is 1. The van der Waals surface area contributed by atoms with Crippen LogP contribution in [0.2, 0.25) is 0 Å². The molecule has 0 spiro atoms. The van der Waals surface area contributed by atoms with Crippen LogP contribution < -0.4 is 0 Å². The molecule has 0 radical (unpaired) electrons. The first-order valence-corrected chi connectivity index (χ1v) is 10.6. The van der Waals surface area contributed by atoms with Gasteiger partial charge in [0.1, 0.15) is 5.82 Å². The fourth-order valence-corrected chi connectivity index (χ4v) is 4.93. The highest BCUT2D eigenvalue weighted by molar-refractivity contribution is 5.76. The highest BCUT2D eigenvalue weighted by Gasteiger charge is 2.49. The van der Waals surface area contributed by atoms with Crippen molar-refractivity contribution in [2.75, 3.05) is 26.2 Å². The molecule has 29 heavy (non-hydrogen) atoms. The number of hydrogen-bond acceptors (Lipinski definition) is 3. The molecule has 0 saturated carbocycles. The molecule has 1 amide bonds. The third-order valence-electron chi connectivity index (χ3n) is 6.50. The lowest BCUT2D eigenvalue weighted by molar-refractivity contribution is -0.136. The lowest BCUT2D eigenvalue weighted by Crippen LogP contribution is -2.67. The molecule has 0 unspecified atom stereocenters. The van der Waals surface area contributed by atoms with Crippen LogP contribution in [-0.4, -0.2) is 59.1 Å². The molecule has 2 heterocycles. The molecule has 0 bridgehead atoms. The Kier molecular flexibility index (Phi) is 5.97. The number of rotatable bonds is 4. The van der Waals surface area contributed by atoms with E-state index < -0.39 is 0 Å². The summed E-state index contributed by atoms with van der Waals surface area (Å²) >= 11 is 0. The molecule has 154 valence electrons. The van der Waals surface area contributed by atoms with Crippen LogP contribution >= 0.6 is 0 Å². The van der Waals surface area contributed by atoms with Crippen LogP contribution in [0.4, 0.5) is 4.39 Å². The Morgan fingerprint density at radius 2 is 1.66 bits per heavy atom. The van der Waals surface area contributed by atoms with Gasteiger partial charge in [0.15, 0.2) is 0 Å². The van der Waals surface area contributed by atoms with Gasteiger partial charge in [-0.3, -0.25) is 9.69 Å². The van der Waals surface area contributed by atoms with Gasteiger partial charge >= 0.3 is 0 Å². The number of benzene rings is 2. The number of nitrogens with zero attached hydrogens (tertiary/aromatic N) is 2. The average molecular weight is 397 g/mol. The van der Waals surface area contributed by atoms with Crippen LogP contribution in [0.5, 0.6) is 0 Å². The number of carbonyl (C=O) groups is 1. The van der Waals surface area contributed by atoms with Crippen molar-refractivity contribution >= 4 is 5.91 Å². The molecule has 1 N–H and O–H groups in total. The minimum Gasteiger partial charge on any atom is -0.395 e. The van der Waals surface area contributed by atoms with Crippen LogP contribution in [0.15, 0.2) is 48.5 Å². The van der Waals surface area contributed by atoms with E-state index >= 15 is 0 Å². The summed E-state index contributed by atoms with van der Waals surface area (Å²) in [7, 11) is 0. The highest BCUT2D eigenvalue weighted by Crippen LogP contribution is 2.42. The van der Waals surface area contributed by atoms with Gasteiger partial charge in [-0.05, 0) is 48.2 Å². The normalized spacial score (nSPS) is 24.9. The first-order valence-electron chi connectivity index (χ1n) is 10.6. The van der Waals surface area contributed by atoms with E-state index in [0.717, 1.165) is 43.6 Å². The Labute approximate surface area is 171 Å². The fourth-order valence-electron chi connectivity index (χ4n) is 4.93. The maximum absolute atomic E-state index is 13.2. The second kappa shape index (κ2) is 8.64. The van der Waals surface area contributed by atoms with Crippen LogP contribution in [0.25, 0.3) is 11.1 Å². The van der Waals surface area contributed by atoms with E-state index in [1.807, 2.05) is 11.8 Å². The first-order chi connectivity index (χ1) is 14.1. The summed E-state index contributed by atoms with van der Waals surface area (Å²) in [4.78, 5) is 16.7. The average Bonchev–Trinajstić information content (AvgIpc) is 2.73. The SMILES string of the molecule is CCC(=O)N1CCCCN2[C@@H](CO)[C@@H](c3ccc(-c4ccc(F)cc4)cc3)[C@@H]2C1. The molecule has 2 fully saturated rings. The standard InChI is InChI=1S/C24H29FN2O2/c1-2-23(29)26-13-3-4-14-27-21(15-26)24(22(27)16-28)19-7-5-17(6-8-19)18-9-11-20(25)12-10-18/h5-12,21-22,24,28H,2-4,13-16H2,1H3/t21-,22-,24-/m0/s1. The molecule has 2 saturated heterocycles. The van der Waals surface area contributed by atoms with Crippen molar-refractivity contribution in [3.63, 3.8) is 0 Å². The lowest BCUT2D eigenvalue weighted by Gasteiger charge is -2.57. The summed E-state index contributed by atoms with van der Waals surface area (Å²) in [5.74, 6) is 0.193. The zero-order valence-electron chi connectivity index (χ0n) is 16.9.